The van der Waals surface area contributed by atoms with E-state index in [0.717, 1.165) is 11.3 Å². The highest BCUT2D eigenvalue weighted by Gasteiger charge is 2.17. The highest BCUT2D eigenvalue weighted by atomic mass is 16.7. The van der Waals surface area contributed by atoms with Crippen LogP contribution in [0.3, 0.4) is 0 Å². The average Bonchev–Trinajstić information content (AvgIpc) is 2.75. The lowest BCUT2D eigenvalue weighted by Gasteiger charge is -2.14. The van der Waals surface area contributed by atoms with E-state index in [1.807, 2.05) is 18.2 Å². The highest BCUT2D eigenvalue weighted by Crippen LogP contribution is 2.35. The van der Waals surface area contributed by atoms with Gasteiger partial charge < -0.3 is 14.2 Å². The summed E-state index contributed by atoms with van der Waals surface area (Å²) in [5.41, 5.74) is 0.845. The van der Waals surface area contributed by atoms with Gasteiger partial charge in [0.2, 0.25) is 6.79 Å². The molecule has 0 amide bonds. The maximum atomic E-state index is 11.3. The molecule has 0 aromatic heterocycles. The zero-order chi connectivity index (χ0) is 11.0. The molecule has 0 saturated heterocycles. The number of ether oxygens (including phenoxy) is 3. The molecule has 0 unspecified atom stereocenters. The van der Waals surface area contributed by atoms with E-state index in [0.29, 0.717) is 24.5 Å². The molecule has 4 heteroatoms. The first-order valence-corrected chi connectivity index (χ1v) is 5.10. The van der Waals surface area contributed by atoms with Gasteiger partial charge in [-0.1, -0.05) is 0 Å². The third-order valence-corrected chi connectivity index (χ3v) is 2.56. The number of fused-ring (bicyclic) bond motifs is 1. The summed E-state index contributed by atoms with van der Waals surface area (Å²) in [6.07, 6.45) is 1.98. The van der Waals surface area contributed by atoms with Crippen LogP contribution in [-0.2, 0) is 9.53 Å². The normalized spacial score (nSPS) is 18.0. The number of allylic oxidation sites excluding steroid dienone is 1. The molecule has 0 fully saturated rings. The summed E-state index contributed by atoms with van der Waals surface area (Å²) in [5, 5.41) is 0. The third kappa shape index (κ3) is 1.52. The number of benzene rings is 1. The van der Waals surface area contributed by atoms with Gasteiger partial charge in [0.15, 0.2) is 17.3 Å². The molecular weight excluding hydrogens is 208 g/mol. The quantitative estimate of drug-likeness (QED) is 0.720. The molecule has 1 aromatic carbocycles. The fraction of sp³-hybridized carbons (Fsp3) is 0.250. The minimum atomic E-state index is 0.0962. The van der Waals surface area contributed by atoms with Gasteiger partial charge in [0.1, 0.15) is 5.76 Å². The Labute approximate surface area is 92.4 Å². The van der Waals surface area contributed by atoms with Crippen LogP contribution in [0, 0.1) is 0 Å². The Kier molecular flexibility index (Phi) is 2.06. The van der Waals surface area contributed by atoms with Crippen molar-refractivity contribution < 1.29 is 19.0 Å². The number of rotatable bonds is 1. The van der Waals surface area contributed by atoms with Crippen molar-refractivity contribution in [2.24, 2.45) is 0 Å². The lowest BCUT2D eigenvalue weighted by molar-refractivity contribution is -0.115. The molecule has 2 aliphatic heterocycles. The minimum Gasteiger partial charge on any atom is -0.492 e. The summed E-state index contributed by atoms with van der Waals surface area (Å²) in [5.74, 6) is 2.12. The molecule has 3 rings (SSSR count). The van der Waals surface area contributed by atoms with Gasteiger partial charge in [-0.15, -0.1) is 0 Å². The van der Waals surface area contributed by atoms with Gasteiger partial charge in [-0.2, -0.15) is 0 Å². The second kappa shape index (κ2) is 3.56. The molecule has 16 heavy (non-hydrogen) atoms. The molecule has 4 nitrogen and oxygen atoms in total. The molecule has 0 atom stereocenters. The van der Waals surface area contributed by atoms with Crippen molar-refractivity contribution in [3.05, 3.63) is 29.8 Å². The molecule has 0 bridgehead atoms. The summed E-state index contributed by atoms with van der Waals surface area (Å²) in [6.45, 7) is 0.691. The van der Waals surface area contributed by atoms with Gasteiger partial charge >= 0.3 is 0 Å². The van der Waals surface area contributed by atoms with E-state index in [1.165, 1.54) is 6.08 Å². The van der Waals surface area contributed by atoms with E-state index in [1.54, 1.807) is 0 Å². The Morgan fingerprint density at radius 2 is 1.94 bits per heavy atom. The Hall–Kier alpha value is -1.97. The van der Waals surface area contributed by atoms with Crippen LogP contribution >= 0.6 is 0 Å². The number of carbonyl (C=O) groups excluding carboxylic acids is 1. The van der Waals surface area contributed by atoms with Crippen LogP contribution in [0.15, 0.2) is 24.3 Å². The van der Waals surface area contributed by atoms with Crippen LogP contribution in [0.25, 0.3) is 5.76 Å². The van der Waals surface area contributed by atoms with E-state index in [2.05, 4.69) is 0 Å². The van der Waals surface area contributed by atoms with Crippen molar-refractivity contribution in [2.45, 2.75) is 6.42 Å². The van der Waals surface area contributed by atoms with E-state index < -0.39 is 0 Å². The van der Waals surface area contributed by atoms with Crippen molar-refractivity contribution >= 4 is 11.5 Å². The molecule has 0 radical (unpaired) electrons. The van der Waals surface area contributed by atoms with Gasteiger partial charge in [-0.3, -0.25) is 4.79 Å². The first-order chi connectivity index (χ1) is 7.83. The van der Waals surface area contributed by atoms with Gasteiger partial charge in [-0.05, 0) is 18.2 Å². The van der Waals surface area contributed by atoms with Gasteiger partial charge in [-0.25, -0.2) is 0 Å². The summed E-state index contributed by atoms with van der Waals surface area (Å²) >= 11 is 0. The molecular formula is C12H10O4. The Morgan fingerprint density at radius 1 is 1.06 bits per heavy atom. The zero-order valence-corrected chi connectivity index (χ0v) is 8.56. The predicted molar refractivity (Wildman–Crippen MR) is 56.1 cm³/mol. The van der Waals surface area contributed by atoms with Crippen molar-refractivity contribution in [2.75, 3.05) is 13.4 Å². The minimum absolute atomic E-state index is 0.0962. The molecule has 2 heterocycles. The standard InChI is InChI=1S/C12H10O4/c13-9-3-4-14-11(6-9)8-1-2-10-12(5-8)16-7-15-10/h1-2,5-6H,3-4,7H2. The molecule has 1 aromatic rings. The lowest BCUT2D eigenvalue weighted by atomic mass is 10.1. The van der Waals surface area contributed by atoms with E-state index >= 15 is 0 Å². The number of hydrogen-bond acceptors (Lipinski definition) is 4. The van der Waals surface area contributed by atoms with Crippen LogP contribution in [0.2, 0.25) is 0 Å². The molecule has 0 aliphatic carbocycles. The van der Waals surface area contributed by atoms with Crippen LogP contribution in [-0.4, -0.2) is 19.2 Å². The molecule has 0 saturated carbocycles. The van der Waals surface area contributed by atoms with Crippen molar-refractivity contribution in [3.63, 3.8) is 0 Å². The fourth-order valence-electron chi connectivity index (χ4n) is 1.74. The van der Waals surface area contributed by atoms with E-state index in [4.69, 9.17) is 14.2 Å². The number of hydrogen-bond donors (Lipinski definition) is 0. The van der Waals surface area contributed by atoms with Gasteiger partial charge in [0, 0.05) is 18.1 Å². The van der Waals surface area contributed by atoms with Crippen molar-refractivity contribution in [3.8, 4) is 11.5 Å². The van der Waals surface area contributed by atoms with E-state index in [9.17, 15) is 4.79 Å². The first-order valence-electron chi connectivity index (χ1n) is 5.10. The number of carbonyl (C=O) groups is 1. The SMILES string of the molecule is O=C1C=C(c2ccc3c(c2)OCO3)OCC1. The van der Waals surface area contributed by atoms with Crippen LogP contribution in [0.1, 0.15) is 12.0 Å². The highest BCUT2D eigenvalue weighted by molar-refractivity contribution is 5.96. The summed E-state index contributed by atoms with van der Waals surface area (Å²) in [6, 6.07) is 5.51. The first kappa shape index (κ1) is 9.27. The zero-order valence-electron chi connectivity index (χ0n) is 8.56. The second-order valence-corrected chi connectivity index (χ2v) is 3.64. The largest absolute Gasteiger partial charge is 0.492 e. The Bertz CT molecular complexity index is 476. The third-order valence-electron chi connectivity index (χ3n) is 2.56. The average molecular weight is 218 g/mol. The Balaban J connectivity index is 1.98. The topological polar surface area (TPSA) is 44.8 Å². The fourth-order valence-corrected chi connectivity index (χ4v) is 1.74. The van der Waals surface area contributed by atoms with Crippen molar-refractivity contribution in [1.82, 2.24) is 0 Å². The van der Waals surface area contributed by atoms with Crippen LogP contribution in [0.4, 0.5) is 0 Å². The van der Waals surface area contributed by atoms with Gasteiger partial charge in [0.05, 0.1) is 6.61 Å². The molecule has 2 aliphatic rings. The summed E-state index contributed by atoms with van der Waals surface area (Å²) < 4.78 is 15.9. The maximum absolute atomic E-state index is 11.3. The number of ketones is 1. The predicted octanol–water partition coefficient (Wildman–Crippen LogP) is 1.75. The molecule has 0 spiro atoms. The van der Waals surface area contributed by atoms with Crippen LogP contribution < -0.4 is 9.47 Å². The maximum Gasteiger partial charge on any atom is 0.231 e. The summed E-state index contributed by atoms with van der Waals surface area (Å²) in [4.78, 5) is 11.3. The monoisotopic (exact) mass is 218 g/mol. The Morgan fingerprint density at radius 3 is 2.81 bits per heavy atom. The molecule has 0 N–H and O–H groups in total. The smallest absolute Gasteiger partial charge is 0.231 e. The molecule has 82 valence electrons. The lowest BCUT2D eigenvalue weighted by Crippen LogP contribution is -2.09. The summed E-state index contributed by atoms with van der Waals surface area (Å²) in [7, 11) is 0. The second-order valence-electron chi connectivity index (χ2n) is 3.64. The van der Waals surface area contributed by atoms with E-state index in [-0.39, 0.29) is 12.6 Å². The van der Waals surface area contributed by atoms with Crippen LogP contribution in [0.5, 0.6) is 11.5 Å². The van der Waals surface area contributed by atoms with Crippen molar-refractivity contribution in [1.29, 1.82) is 0 Å². The van der Waals surface area contributed by atoms with Gasteiger partial charge in [0.25, 0.3) is 0 Å².